The van der Waals surface area contributed by atoms with Crippen LogP contribution in [0.5, 0.6) is 0 Å². The predicted octanol–water partition coefficient (Wildman–Crippen LogP) is 2.53. The third-order valence-corrected chi connectivity index (χ3v) is 4.51. The molecule has 2 N–H and O–H groups in total. The third kappa shape index (κ3) is 5.50. The van der Waals surface area contributed by atoms with Crippen molar-refractivity contribution in [1.82, 2.24) is 15.5 Å². The Labute approximate surface area is 139 Å². The molecule has 1 aromatic carbocycles. The molecule has 1 heterocycles. The molecule has 1 aliphatic rings. The average Bonchev–Trinajstić information content (AvgIpc) is 2.58. The average molecular weight is 320 g/mol. The van der Waals surface area contributed by atoms with Gasteiger partial charge in [0.25, 0.3) is 0 Å². The van der Waals surface area contributed by atoms with E-state index in [-0.39, 0.29) is 5.82 Å². The molecule has 1 saturated heterocycles. The van der Waals surface area contributed by atoms with E-state index in [2.05, 4.69) is 27.4 Å². The Bertz CT molecular complexity index is 530. The highest BCUT2D eigenvalue weighted by Crippen LogP contribution is 2.15. The molecule has 2 rings (SSSR count). The molecule has 0 spiro atoms. The number of likely N-dealkylation sites (tertiary alicyclic amines) is 1. The molecule has 5 heteroatoms. The Hall–Kier alpha value is -1.62. The predicted molar refractivity (Wildman–Crippen MR) is 94.2 cm³/mol. The maximum absolute atomic E-state index is 13.3. The highest BCUT2D eigenvalue weighted by atomic mass is 19.1. The molecule has 0 aliphatic carbocycles. The lowest BCUT2D eigenvalue weighted by Crippen LogP contribution is -2.44. The quantitative estimate of drug-likeness (QED) is 0.647. The van der Waals surface area contributed by atoms with Crippen molar-refractivity contribution in [3.63, 3.8) is 0 Å². The van der Waals surface area contributed by atoms with Crippen molar-refractivity contribution in [3.05, 3.63) is 35.1 Å². The topological polar surface area (TPSA) is 39.7 Å². The minimum atomic E-state index is -0.158. The summed E-state index contributed by atoms with van der Waals surface area (Å²) in [6.45, 7) is 9.12. The van der Waals surface area contributed by atoms with Crippen LogP contribution in [-0.4, -0.2) is 44.1 Å². The largest absolute Gasteiger partial charge is 0.356 e. The number of aryl methyl sites for hydroxylation is 1. The summed E-state index contributed by atoms with van der Waals surface area (Å²) < 4.78 is 13.3. The highest BCUT2D eigenvalue weighted by molar-refractivity contribution is 5.79. The van der Waals surface area contributed by atoms with E-state index in [1.807, 2.05) is 12.1 Å². The van der Waals surface area contributed by atoms with Crippen molar-refractivity contribution < 1.29 is 4.39 Å². The van der Waals surface area contributed by atoms with Crippen molar-refractivity contribution in [2.45, 2.75) is 33.2 Å². The van der Waals surface area contributed by atoms with Gasteiger partial charge >= 0.3 is 0 Å². The number of piperidine rings is 1. The normalized spacial score (nSPS) is 19.7. The van der Waals surface area contributed by atoms with E-state index < -0.39 is 0 Å². The molecule has 1 atom stereocenters. The number of aliphatic imine (C=N–C) groups is 1. The first-order valence-electron chi connectivity index (χ1n) is 8.54. The second kappa shape index (κ2) is 8.87. The molecular weight excluding hydrogens is 291 g/mol. The molecule has 128 valence electrons. The summed E-state index contributed by atoms with van der Waals surface area (Å²) in [5.74, 6) is 1.32. The lowest BCUT2D eigenvalue weighted by atomic mass is 9.98. The fourth-order valence-corrected chi connectivity index (χ4v) is 3.07. The van der Waals surface area contributed by atoms with E-state index in [9.17, 15) is 4.39 Å². The monoisotopic (exact) mass is 320 g/mol. The number of nitrogens with one attached hydrogen (secondary N) is 2. The summed E-state index contributed by atoms with van der Waals surface area (Å²) in [7, 11) is 1.78. The van der Waals surface area contributed by atoms with Crippen LogP contribution in [-0.2, 0) is 6.54 Å². The minimum Gasteiger partial charge on any atom is -0.356 e. The smallest absolute Gasteiger partial charge is 0.191 e. The van der Waals surface area contributed by atoms with E-state index >= 15 is 0 Å². The van der Waals surface area contributed by atoms with E-state index in [1.165, 1.54) is 25.5 Å². The molecule has 0 amide bonds. The minimum absolute atomic E-state index is 0.158. The summed E-state index contributed by atoms with van der Waals surface area (Å²) in [5.41, 5.74) is 1.73. The maximum Gasteiger partial charge on any atom is 0.191 e. The maximum atomic E-state index is 13.3. The van der Waals surface area contributed by atoms with Crippen molar-refractivity contribution in [2.24, 2.45) is 10.9 Å². The van der Waals surface area contributed by atoms with Gasteiger partial charge < -0.3 is 15.5 Å². The first kappa shape index (κ1) is 17.7. The Kier molecular flexibility index (Phi) is 6.84. The summed E-state index contributed by atoms with van der Waals surface area (Å²) in [4.78, 5) is 6.78. The standard InChI is InChI=1S/C18H29FN4/c1-4-23-9-5-6-16(13-23)12-22-18(20-3)21-11-15-7-8-17(19)14(2)10-15/h7-8,10,16H,4-6,9,11-13H2,1-3H3,(H2,20,21,22). The number of halogens is 1. The van der Waals surface area contributed by atoms with Gasteiger partial charge in [-0.25, -0.2) is 4.39 Å². The van der Waals surface area contributed by atoms with Gasteiger partial charge in [-0.05, 0) is 56.0 Å². The molecule has 23 heavy (non-hydrogen) atoms. The van der Waals surface area contributed by atoms with Gasteiger partial charge in [-0.1, -0.05) is 19.1 Å². The van der Waals surface area contributed by atoms with Crippen molar-refractivity contribution >= 4 is 5.96 Å². The summed E-state index contributed by atoms with van der Waals surface area (Å²) in [6.07, 6.45) is 2.55. The number of hydrogen-bond acceptors (Lipinski definition) is 2. The zero-order chi connectivity index (χ0) is 16.7. The molecule has 0 saturated carbocycles. The zero-order valence-corrected chi connectivity index (χ0v) is 14.5. The molecule has 1 fully saturated rings. The summed E-state index contributed by atoms with van der Waals surface area (Å²) >= 11 is 0. The fraction of sp³-hybridized carbons (Fsp3) is 0.611. The SMILES string of the molecule is CCN1CCCC(CNC(=NC)NCc2ccc(F)c(C)c2)C1. The van der Waals surface area contributed by atoms with Gasteiger partial charge in [-0.3, -0.25) is 4.99 Å². The van der Waals surface area contributed by atoms with Crippen LogP contribution in [0.2, 0.25) is 0 Å². The Morgan fingerprint density at radius 3 is 2.91 bits per heavy atom. The van der Waals surface area contributed by atoms with Crippen LogP contribution in [0.15, 0.2) is 23.2 Å². The van der Waals surface area contributed by atoms with Crippen molar-refractivity contribution in [1.29, 1.82) is 0 Å². The van der Waals surface area contributed by atoms with Crippen molar-refractivity contribution in [3.8, 4) is 0 Å². The van der Waals surface area contributed by atoms with Gasteiger partial charge in [-0.2, -0.15) is 0 Å². The van der Waals surface area contributed by atoms with Crippen LogP contribution in [0.25, 0.3) is 0 Å². The number of nitrogens with zero attached hydrogens (tertiary/aromatic N) is 2. The first-order chi connectivity index (χ1) is 11.1. The number of hydrogen-bond donors (Lipinski definition) is 2. The lowest BCUT2D eigenvalue weighted by molar-refractivity contribution is 0.183. The molecule has 1 aliphatic heterocycles. The second-order valence-electron chi connectivity index (χ2n) is 6.29. The molecule has 0 aromatic heterocycles. The second-order valence-corrected chi connectivity index (χ2v) is 6.29. The van der Waals surface area contributed by atoms with Crippen LogP contribution in [0.3, 0.4) is 0 Å². The highest BCUT2D eigenvalue weighted by Gasteiger charge is 2.18. The molecule has 0 bridgehead atoms. The molecule has 1 unspecified atom stereocenters. The van der Waals surface area contributed by atoms with Crippen LogP contribution in [0.4, 0.5) is 4.39 Å². The Morgan fingerprint density at radius 2 is 2.22 bits per heavy atom. The van der Waals surface area contributed by atoms with E-state index in [0.717, 1.165) is 31.2 Å². The Morgan fingerprint density at radius 1 is 1.39 bits per heavy atom. The van der Waals surface area contributed by atoms with Crippen LogP contribution in [0.1, 0.15) is 30.9 Å². The van der Waals surface area contributed by atoms with E-state index in [4.69, 9.17) is 0 Å². The number of rotatable bonds is 5. The van der Waals surface area contributed by atoms with Crippen LogP contribution < -0.4 is 10.6 Å². The van der Waals surface area contributed by atoms with Crippen molar-refractivity contribution in [2.75, 3.05) is 33.2 Å². The van der Waals surface area contributed by atoms with E-state index in [0.29, 0.717) is 18.0 Å². The van der Waals surface area contributed by atoms with Crippen LogP contribution in [0, 0.1) is 18.7 Å². The summed E-state index contributed by atoms with van der Waals surface area (Å²) in [6, 6.07) is 5.20. The van der Waals surface area contributed by atoms with Gasteiger partial charge in [0.05, 0.1) is 0 Å². The molecule has 1 aromatic rings. The van der Waals surface area contributed by atoms with Gasteiger partial charge in [0, 0.05) is 26.7 Å². The molecule has 0 radical (unpaired) electrons. The molecule has 4 nitrogen and oxygen atoms in total. The fourth-order valence-electron chi connectivity index (χ4n) is 3.07. The Balaban J connectivity index is 1.78. The summed E-state index contributed by atoms with van der Waals surface area (Å²) in [5, 5.41) is 6.72. The van der Waals surface area contributed by atoms with E-state index in [1.54, 1.807) is 14.0 Å². The number of guanidine groups is 1. The number of benzene rings is 1. The zero-order valence-electron chi connectivity index (χ0n) is 14.5. The van der Waals surface area contributed by atoms with Gasteiger partial charge in [0.2, 0.25) is 0 Å². The van der Waals surface area contributed by atoms with Gasteiger partial charge in [0.1, 0.15) is 5.82 Å². The van der Waals surface area contributed by atoms with Gasteiger partial charge in [-0.15, -0.1) is 0 Å². The molecular formula is C18H29FN4. The van der Waals surface area contributed by atoms with Gasteiger partial charge in [0.15, 0.2) is 5.96 Å². The van der Waals surface area contributed by atoms with Crippen LogP contribution >= 0.6 is 0 Å². The third-order valence-electron chi connectivity index (χ3n) is 4.51. The first-order valence-corrected chi connectivity index (χ1v) is 8.54. The lowest BCUT2D eigenvalue weighted by Gasteiger charge is -2.32.